The van der Waals surface area contributed by atoms with E-state index in [2.05, 4.69) is 10.5 Å². The van der Waals surface area contributed by atoms with E-state index in [1.807, 2.05) is 62.4 Å². The highest BCUT2D eigenvalue weighted by atomic mass is 16.5. The van der Waals surface area contributed by atoms with Gasteiger partial charge in [-0.25, -0.2) is 5.43 Å². The largest absolute Gasteiger partial charge is 0.483 e. The number of rotatable bonds is 5. The molecule has 108 valence electrons. The minimum absolute atomic E-state index is 0.0595. The maximum absolute atomic E-state index is 11.6. The summed E-state index contributed by atoms with van der Waals surface area (Å²) in [5, 5.41) is 3.91. The van der Waals surface area contributed by atoms with Crippen LogP contribution in [0.5, 0.6) is 5.75 Å². The molecule has 0 aliphatic rings. The van der Waals surface area contributed by atoms with Crippen LogP contribution in [0.2, 0.25) is 0 Å². The Morgan fingerprint density at radius 2 is 2.00 bits per heavy atom. The van der Waals surface area contributed by atoms with Gasteiger partial charge in [-0.2, -0.15) is 5.10 Å². The summed E-state index contributed by atoms with van der Waals surface area (Å²) in [6.45, 7) is 3.88. The summed E-state index contributed by atoms with van der Waals surface area (Å²) in [6.07, 6.45) is 1.61. The van der Waals surface area contributed by atoms with Gasteiger partial charge in [0.15, 0.2) is 6.61 Å². The molecule has 0 saturated heterocycles. The molecule has 0 aromatic heterocycles. The number of hydrogen-bond donors (Lipinski definition) is 1. The molecular weight excluding hydrogens is 264 g/mol. The maximum Gasteiger partial charge on any atom is 0.277 e. The SMILES string of the molecule is Cc1cccc(/C=N/NC(=O)COc2ccccc2C)c1. The summed E-state index contributed by atoms with van der Waals surface area (Å²) in [7, 11) is 0. The molecule has 0 unspecified atom stereocenters. The van der Waals surface area contributed by atoms with Crippen molar-refractivity contribution in [1.82, 2.24) is 5.43 Å². The fraction of sp³-hybridized carbons (Fsp3) is 0.176. The van der Waals surface area contributed by atoms with E-state index < -0.39 is 0 Å². The first-order valence-electron chi connectivity index (χ1n) is 6.72. The average molecular weight is 282 g/mol. The number of carbonyl (C=O) groups is 1. The molecule has 1 N–H and O–H groups in total. The van der Waals surface area contributed by atoms with Gasteiger partial charge < -0.3 is 4.74 Å². The van der Waals surface area contributed by atoms with Crippen molar-refractivity contribution >= 4 is 12.1 Å². The van der Waals surface area contributed by atoms with Crippen LogP contribution in [0.3, 0.4) is 0 Å². The molecule has 0 radical (unpaired) electrons. The Morgan fingerprint density at radius 3 is 2.76 bits per heavy atom. The van der Waals surface area contributed by atoms with E-state index in [-0.39, 0.29) is 12.5 Å². The lowest BCUT2D eigenvalue weighted by molar-refractivity contribution is -0.123. The molecule has 21 heavy (non-hydrogen) atoms. The van der Waals surface area contributed by atoms with Gasteiger partial charge in [-0.1, -0.05) is 48.0 Å². The van der Waals surface area contributed by atoms with Gasteiger partial charge in [0, 0.05) is 0 Å². The first-order valence-corrected chi connectivity index (χ1v) is 6.72. The predicted molar refractivity (Wildman–Crippen MR) is 83.6 cm³/mol. The molecule has 2 aromatic rings. The number of amides is 1. The predicted octanol–water partition coefficient (Wildman–Crippen LogP) is 2.83. The minimum atomic E-state index is -0.290. The Kier molecular flexibility index (Phi) is 5.10. The molecule has 0 heterocycles. The zero-order valence-electron chi connectivity index (χ0n) is 12.2. The third-order valence-corrected chi connectivity index (χ3v) is 2.90. The van der Waals surface area contributed by atoms with E-state index >= 15 is 0 Å². The normalized spacial score (nSPS) is 10.6. The molecule has 1 amide bonds. The number of hydrazone groups is 1. The van der Waals surface area contributed by atoms with Gasteiger partial charge >= 0.3 is 0 Å². The van der Waals surface area contributed by atoms with E-state index in [1.54, 1.807) is 6.21 Å². The first-order chi connectivity index (χ1) is 10.1. The van der Waals surface area contributed by atoms with Gasteiger partial charge in [0.1, 0.15) is 5.75 Å². The van der Waals surface area contributed by atoms with Gasteiger partial charge in [0.2, 0.25) is 0 Å². The monoisotopic (exact) mass is 282 g/mol. The van der Waals surface area contributed by atoms with Crippen molar-refractivity contribution in [3.05, 3.63) is 65.2 Å². The van der Waals surface area contributed by atoms with Crippen LogP contribution < -0.4 is 10.2 Å². The highest BCUT2D eigenvalue weighted by Gasteiger charge is 2.02. The number of aryl methyl sites for hydroxylation is 2. The third-order valence-electron chi connectivity index (χ3n) is 2.90. The van der Waals surface area contributed by atoms with Crippen LogP contribution >= 0.6 is 0 Å². The Morgan fingerprint density at radius 1 is 1.19 bits per heavy atom. The Bertz CT molecular complexity index is 651. The molecule has 0 bridgehead atoms. The third kappa shape index (κ3) is 4.76. The van der Waals surface area contributed by atoms with Crippen molar-refractivity contribution in [3.63, 3.8) is 0 Å². The molecule has 2 aromatic carbocycles. The highest BCUT2D eigenvalue weighted by molar-refractivity contribution is 5.83. The summed E-state index contributed by atoms with van der Waals surface area (Å²) in [5.41, 5.74) is 5.53. The first kappa shape index (κ1) is 14.8. The van der Waals surface area contributed by atoms with Crippen LogP contribution in [0.15, 0.2) is 53.6 Å². The molecule has 0 aliphatic heterocycles. The van der Waals surface area contributed by atoms with Crippen molar-refractivity contribution in [2.45, 2.75) is 13.8 Å². The fourth-order valence-electron chi connectivity index (χ4n) is 1.82. The second-order valence-corrected chi connectivity index (χ2v) is 4.76. The summed E-state index contributed by atoms with van der Waals surface area (Å²) in [5.74, 6) is 0.414. The summed E-state index contributed by atoms with van der Waals surface area (Å²) in [6, 6.07) is 15.4. The highest BCUT2D eigenvalue weighted by Crippen LogP contribution is 2.15. The second kappa shape index (κ2) is 7.24. The average Bonchev–Trinajstić information content (AvgIpc) is 2.46. The second-order valence-electron chi connectivity index (χ2n) is 4.76. The molecule has 0 atom stereocenters. The number of ether oxygens (including phenoxy) is 1. The van der Waals surface area contributed by atoms with Crippen LogP contribution in [-0.2, 0) is 4.79 Å². The number of nitrogens with one attached hydrogen (secondary N) is 1. The summed E-state index contributed by atoms with van der Waals surface area (Å²) < 4.78 is 5.43. The summed E-state index contributed by atoms with van der Waals surface area (Å²) in [4.78, 5) is 11.6. The lowest BCUT2D eigenvalue weighted by atomic mass is 10.2. The van der Waals surface area contributed by atoms with Gasteiger partial charge in [-0.05, 0) is 31.0 Å². The Balaban J connectivity index is 1.81. The topological polar surface area (TPSA) is 50.7 Å². The van der Waals surface area contributed by atoms with E-state index in [0.29, 0.717) is 5.75 Å². The molecule has 4 heteroatoms. The minimum Gasteiger partial charge on any atom is -0.483 e. The van der Waals surface area contributed by atoms with Crippen LogP contribution in [0, 0.1) is 13.8 Å². The maximum atomic E-state index is 11.6. The number of para-hydroxylation sites is 1. The molecule has 0 spiro atoms. The fourth-order valence-corrected chi connectivity index (χ4v) is 1.82. The number of hydrogen-bond acceptors (Lipinski definition) is 3. The van der Waals surface area contributed by atoms with E-state index in [0.717, 1.165) is 16.7 Å². The molecular formula is C17H18N2O2. The zero-order chi connectivity index (χ0) is 15.1. The van der Waals surface area contributed by atoms with Gasteiger partial charge in [0.05, 0.1) is 6.21 Å². The van der Waals surface area contributed by atoms with Crippen molar-refractivity contribution in [1.29, 1.82) is 0 Å². The lowest BCUT2D eigenvalue weighted by Gasteiger charge is -2.07. The number of carbonyl (C=O) groups excluding carboxylic acids is 1. The van der Waals surface area contributed by atoms with Crippen LogP contribution in [0.1, 0.15) is 16.7 Å². The number of nitrogens with zero attached hydrogens (tertiary/aromatic N) is 1. The molecule has 0 fully saturated rings. The van der Waals surface area contributed by atoms with Crippen LogP contribution in [0.25, 0.3) is 0 Å². The summed E-state index contributed by atoms with van der Waals surface area (Å²) >= 11 is 0. The van der Waals surface area contributed by atoms with E-state index in [9.17, 15) is 4.79 Å². The standard InChI is InChI=1S/C17H18N2O2/c1-13-6-5-8-15(10-13)11-18-19-17(20)12-21-16-9-4-3-7-14(16)2/h3-11H,12H2,1-2H3,(H,19,20)/b18-11+. The van der Waals surface area contributed by atoms with Crippen LogP contribution in [-0.4, -0.2) is 18.7 Å². The van der Waals surface area contributed by atoms with Crippen molar-refractivity contribution in [2.24, 2.45) is 5.10 Å². The smallest absolute Gasteiger partial charge is 0.277 e. The van der Waals surface area contributed by atoms with Crippen molar-refractivity contribution in [3.8, 4) is 5.75 Å². The molecule has 4 nitrogen and oxygen atoms in total. The van der Waals surface area contributed by atoms with Crippen LogP contribution in [0.4, 0.5) is 0 Å². The number of benzene rings is 2. The van der Waals surface area contributed by atoms with E-state index in [4.69, 9.17) is 4.74 Å². The van der Waals surface area contributed by atoms with E-state index in [1.165, 1.54) is 0 Å². The lowest BCUT2D eigenvalue weighted by Crippen LogP contribution is -2.24. The molecule has 0 aliphatic carbocycles. The molecule has 0 saturated carbocycles. The molecule has 2 rings (SSSR count). The van der Waals surface area contributed by atoms with Gasteiger partial charge in [-0.15, -0.1) is 0 Å². The van der Waals surface area contributed by atoms with Gasteiger partial charge in [0.25, 0.3) is 5.91 Å². The van der Waals surface area contributed by atoms with Crippen molar-refractivity contribution < 1.29 is 9.53 Å². The van der Waals surface area contributed by atoms with Crippen molar-refractivity contribution in [2.75, 3.05) is 6.61 Å². The zero-order valence-corrected chi connectivity index (χ0v) is 12.2. The Labute approximate surface area is 124 Å². The quantitative estimate of drug-likeness (QED) is 0.677. The van der Waals surface area contributed by atoms with Gasteiger partial charge in [-0.3, -0.25) is 4.79 Å². The Hall–Kier alpha value is -2.62.